The summed E-state index contributed by atoms with van der Waals surface area (Å²) in [4.78, 5) is 244. The number of aromatic nitrogens is 1. The third-order valence-electron chi connectivity index (χ3n) is 22.3. The van der Waals surface area contributed by atoms with Gasteiger partial charge in [0.2, 0.25) is 88.6 Å². The third-order valence-corrected chi connectivity index (χ3v) is 23.8. The Morgan fingerprint density at radius 3 is 1.52 bits per heavy atom. The summed E-state index contributed by atoms with van der Waals surface area (Å²) in [6.45, 7) is 5.95. The number of aliphatic carboxylic acids is 1. The van der Waals surface area contributed by atoms with Crippen molar-refractivity contribution in [3.8, 4) is 11.5 Å². The average molecular weight is 1880 g/mol. The van der Waals surface area contributed by atoms with Crippen LogP contribution in [0.25, 0.3) is 10.9 Å². The Labute approximate surface area is 778 Å². The van der Waals surface area contributed by atoms with Gasteiger partial charge in [0, 0.05) is 96.6 Å². The number of nitrogens with zero attached hydrogens (tertiary/aromatic N) is 5. The van der Waals surface area contributed by atoms with Crippen molar-refractivity contribution >= 4 is 140 Å². The number of aromatic hydroxyl groups is 2. The zero-order chi connectivity index (χ0) is 96.9. The van der Waals surface area contributed by atoms with E-state index >= 15 is 42.7 Å². The lowest BCUT2D eigenvalue weighted by molar-refractivity contribution is -0.151. The molecule has 1 fully saturated rings. The molecule has 0 saturated carbocycles. The van der Waals surface area contributed by atoms with Crippen LogP contribution >= 0.6 is 35.0 Å². The number of nitrogens with two attached hydrogens (primary N) is 1. The third kappa shape index (κ3) is 30.7. The summed E-state index contributed by atoms with van der Waals surface area (Å²) in [7, 11) is 6.32. The van der Waals surface area contributed by atoms with Gasteiger partial charge in [0.25, 0.3) is 0 Å². The molecule has 0 spiro atoms. The fraction of sp³-hybridized carbons (Fsp3) is 0.419. The Morgan fingerprint density at radius 2 is 0.962 bits per heavy atom. The predicted octanol–water partition coefficient (Wildman–Crippen LogP) is 3.77. The molecule has 132 heavy (non-hydrogen) atoms. The summed E-state index contributed by atoms with van der Waals surface area (Å²) >= 11 is 13.4. The van der Waals surface area contributed by atoms with Gasteiger partial charge in [-0.1, -0.05) is 174 Å². The molecule has 7 aromatic rings. The number of primary amides is 1. The number of phenolic OH excluding ortho intramolecular Hbond substituents is 2. The highest BCUT2D eigenvalue weighted by Crippen LogP contribution is 2.28. The largest absolute Gasteiger partial charge is 0.508 e. The number of thioether (sulfide) groups is 1. The number of phenols is 2. The number of halogens is 3. The number of likely N-dealkylation sites (N-methyl/N-ethyl adjacent to an activating group) is 5. The van der Waals surface area contributed by atoms with Crippen LogP contribution < -0.4 is 53.6 Å². The van der Waals surface area contributed by atoms with Crippen molar-refractivity contribution in [1.82, 2.24) is 77.3 Å². The van der Waals surface area contributed by atoms with Gasteiger partial charge in [-0.05, 0) is 101 Å². The van der Waals surface area contributed by atoms with Gasteiger partial charge in [-0.3, -0.25) is 76.7 Å². The molecule has 15 N–H and O–H groups in total. The molecule has 11 unspecified atom stereocenters. The van der Waals surface area contributed by atoms with E-state index < -0.39 is 233 Å². The number of hydrogen-bond donors (Lipinski definition) is 14. The van der Waals surface area contributed by atoms with Crippen molar-refractivity contribution in [2.24, 2.45) is 17.6 Å². The molecular formula is C93H115Cl2FN16O19S. The standard InChI is InChI=1S/C93H115Cl2FN16O19S/c1-11-12-27-73-91(129)109(7)49-78(117)101-69(45-80(119)120)87(125)107-82(53(4)5)93(131)111(9)74(42-54-21-15-13-16-22-54)88(126)105-70(40-57-30-34-61(114)35-31-57)89(127)108(6)48-77(116)100-68(44-59-46-98-65-26-20-19-25-62(59)65)86(124)104-67(39-56-28-32-60(113)33-29-56)85(123)103-66(36-52(2)3)84(122)106-72(83(121)99-47-76(97)115)50-132-51-79(118)102-71(41-58-37-63(94)81(96)64(95)38-58)90(128)112(10)75(92(130)110(73)8)43-55-23-17-14-18-24-55/h13-26,28-35,37-38,46,52-53,66-75,82,98,113-114H,11-12,27,36,39-45,47-51H2,1-10H3,(H2,97,115)(H,99,121)(H,100,116)(H,101,117)(H,102,118)(H,103,123)(H,104,124)(H,105,126)(H,106,122)(H,107,125)(H,119,120). The molecule has 11 atom stereocenters. The molecule has 1 saturated heterocycles. The maximum Gasteiger partial charge on any atom is 0.305 e. The quantitative estimate of drug-likeness (QED) is 0.0405. The summed E-state index contributed by atoms with van der Waals surface area (Å²) in [5, 5.41) is 54.4. The number of carbonyl (C=O) groups is 16. The summed E-state index contributed by atoms with van der Waals surface area (Å²) in [5.74, 6) is -19.5. The minimum absolute atomic E-state index is 0.0276. The smallest absolute Gasteiger partial charge is 0.305 e. The summed E-state index contributed by atoms with van der Waals surface area (Å²) in [5.41, 5.74) is 8.48. The van der Waals surface area contributed by atoms with Gasteiger partial charge in [0.05, 0.1) is 41.9 Å². The minimum atomic E-state index is -1.94. The average Bonchev–Trinajstić information content (AvgIpc) is 1.28. The van der Waals surface area contributed by atoms with E-state index in [1.54, 1.807) is 119 Å². The van der Waals surface area contributed by atoms with E-state index in [-0.39, 0.29) is 62.0 Å². The lowest BCUT2D eigenvalue weighted by Crippen LogP contribution is -2.61. The number of carboxylic acids is 1. The topological polar surface area (TPSA) is 500 Å². The highest BCUT2D eigenvalue weighted by atomic mass is 35.5. The van der Waals surface area contributed by atoms with E-state index in [1.165, 1.54) is 95.9 Å². The number of benzene rings is 6. The van der Waals surface area contributed by atoms with Gasteiger partial charge in [-0.2, -0.15) is 0 Å². The van der Waals surface area contributed by atoms with Crippen LogP contribution in [0, 0.1) is 17.7 Å². The summed E-state index contributed by atoms with van der Waals surface area (Å²) in [6.07, 6.45) is -0.647. The van der Waals surface area contributed by atoms with Crippen molar-refractivity contribution in [3.63, 3.8) is 0 Å². The lowest BCUT2D eigenvalue weighted by atomic mass is 9.98. The van der Waals surface area contributed by atoms with Crippen molar-refractivity contribution in [1.29, 1.82) is 0 Å². The number of fused-ring (bicyclic) bond motifs is 1. The number of nitrogens with one attached hydrogen (secondary N) is 10. The van der Waals surface area contributed by atoms with E-state index in [0.717, 1.165) is 36.3 Å². The first kappa shape index (κ1) is 104. The van der Waals surface area contributed by atoms with E-state index in [0.29, 0.717) is 51.6 Å². The molecule has 8 rings (SSSR count). The first-order chi connectivity index (χ1) is 62.6. The first-order valence-electron chi connectivity index (χ1n) is 43.0. The first-order valence-corrected chi connectivity index (χ1v) is 44.9. The number of hydrogen-bond acceptors (Lipinski definition) is 19. The molecule has 6 aromatic carbocycles. The van der Waals surface area contributed by atoms with E-state index in [2.05, 4.69) is 52.8 Å². The van der Waals surface area contributed by atoms with Gasteiger partial charge in [0.1, 0.15) is 78.0 Å². The monoisotopic (exact) mass is 1880 g/mol. The number of rotatable bonds is 23. The maximum absolute atomic E-state index is 15.6. The van der Waals surface area contributed by atoms with Crippen LogP contribution in [0.4, 0.5) is 4.39 Å². The van der Waals surface area contributed by atoms with Gasteiger partial charge in [-0.25, -0.2) is 4.39 Å². The van der Waals surface area contributed by atoms with Gasteiger partial charge in [-0.15, -0.1) is 11.8 Å². The van der Waals surface area contributed by atoms with Gasteiger partial charge >= 0.3 is 5.97 Å². The second-order valence-corrected chi connectivity index (χ2v) is 35.3. The van der Waals surface area contributed by atoms with Crippen LogP contribution in [0.3, 0.4) is 0 Å². The number of amides is 15. The van der Waals surface area contributed by atoms with E-state index in [4.69, 9.17) is 28.9 Å². The number of H-pyrrole nitrogens is 1. The van der Waals surface area contributed by atoms with Crippen molar-refractivity contribution in [2.75, 3.05) is 66.4 Å². The van der Waals surface area contributed by atoms with Crippen molar-refractivity contribution < 1.29 is 96.4 Å². The summed E-state index contributed by atoms with van der Waals surface area (Å²) < 4.78 is 15.1. The van der Waals surface area contributed by atoms with Crippen LogP contribution in [-0.4, -0.2) is 272 Å². The Bertz CT molecular complexity index is 5250. The van der Waals surface area contributed by atoms with Crippen molar-refractivity contribution in [2.45, 2.75) is 172 Å². The normalized spacial score (nSPS) is 21.7. The highest BCUT2D eigenvalue weighted by molar-refractivity contribution is 8.00. The molecular weight excluding hydrogens is 1770 g/mol. The second-order valence-electron chi connectivity index (χ2n) is 33.4. The van der Waals surface area contributed by atoms with Gasteiger partial charge in [0.15, 0.2) is 5.82 Å². The molecule has 0 radical (unpaired) electrons. The van der Waals surface area contributed by atoms with Gasteiger partial charge < -0.3 is 98.4 Å². The maximum atomic E-state index is 15.6. The molecule has 708 valence electrons. The molecule has 1 aliphatic rings. The molecule has 1 aliphatic heterocycles. The molecule has 1 aromatic heterocycles. The number of carbonyl (C=O) groups excluding carboxylic acids is 15. The molecule has 2 heterocycles. The van der Waals surface area contributed by atoms with E-state index in [9.17, 15) is 53.7 Å². The van der Waals surface area contributed by atoms with E-state index in [1.807, 2.05) is 6.92 Å². The lowest BCUT2D eigenvalue weighted by Gasteiger charge is -2.37. The predicted molar refractivity (Wildman–Crippen MR) is 492 cm³/mol. The molecule has 15 amide bonds. The van der Waals surface area contributed by atoms with Crippen molar-refractivity contribution in [3.05, 3.63) is 201 Å². The van der Waals surface area contributed by atoms with Crippen LogP contribution in [0.1, 0.15) is 100 Å². The Kier molecular flexibility index (Phi) is 39.3. The zero-order valence-corrected chi connectivity index (χ0v) is 77.3. The molecule has 0 bridgehead atoms. The fourth-order valence-electron chi connectivity index (χ4n) is 15.1. The number of aromatic amines is 1. The number of carboxylic acid groups (broad SMARTS) is 1. The number of unbranched alkanes of at least 4 members (excludes halogenated alkanes) is 1. The number of para-hydroxylation sites is 1. The molecule has 39 heteroatoms. The van der Waals surface area contributed by atoms with Crippen LogP contribution in [0.15, 0.2) is 152 Å². The molecule has 35 nitrogen and oxygen atoms in total. The highest BCUT2D eigenvalue weighted by Gasteiger charge is 2.43. The molecule has 0 aliphatic carbocycles. The van der Waals surface area contributed by atoms with Crippen LogP contribution in [-0.2, 0) is 115 Å². The zero-order valence-electron chi connectivity index (χ0n) is 75.0. The SMILES string of the molecule is CCCCC1C(=O)N(C)CC(=O)NC(CC(=O)O)C(=O)NC(C(C)C)C(=O)N(C)C(Cc2ccccc2)C(=O)NC(Cc2ccc(O)cc2)C(=O)N(C)CC(=O)NC(Cc2c[nH]c3ccccc23)C(=O)NC(Cc2ccc(O)cc2)C(=O)NC(CC(C)C)C(=O)NC(C(=O)NCC(N)=O)CSCC(=O)NC(Cc2cc(Cl)c(F)c(Cl)c2)C(=O)N(C)C(Cc2ccccc2)C(=O)N1C. The fourth-order valence-corrected chi connectivity index (χ4v) is 16.4. The van der Waals surface area contributed by atoms with Crippen LogP contribution in [0.2, 0.25) is 10.0 Å². The Balaban J connectivity index is 1.23. The van der Waals surface area contributed by atoms with Crippen LogP contribution in [0.5, 0.6) is 11.5 Å². The summed E-state index contributed by atoms with van der Waals surface area (Å²) in [6, 6.07) is 19.8. The Morgan fingerprint density at radius 1 is 0.500 bits per heavy atom. The second kappa shape index (κ2) is 49.7. The Hall–Kier alpha value is -13.2. The minimum Gasteiger partial charge on any atom is -0.508 e.